The SMILES string of the molecule is CC1(C)CCCNC1CNC(=O)C1CCCCC1. The van der Waals surface area contributed by atoms with E-state index in [1.165, 1.54) is 32.1 Å². The Hall–Kier alpha value is -0.570. The normalized spacial score (nSPS) is 28.9. The third-order valence-corrected chi connectivity index (χ3v) is 4.79. The lowest BCUT2D eigenvalue weighted by Gasteiger charge is -2.39. The molecular formula is C15H28N2O. The van der Waals surface area contributed by atoms with Gasteiger partial charge in [0.2, 0.25) is 5.91 Å². The van der Waals surface area contributed by atoms with Crippen LogP contribution >= 0.6 is 0 Å². The van der Waals surface area contributed by atoms with Crippen molar-refractivity contribution in [3.63, 3.8) is 0 Å². The van der Waals surface area contributed by atoms with Gasteiger partial charge < -0.3 is 10.6 Å². The second-order valence-corrected chi connectivity index (χ2v) is 6.68. The van der Waals surface area contributed by atoms with E-state index in [0.29, 0.717) is 11.5 Å². The van der Waals surface area contributed by atoms with Gasteiger partial charge in [0.1, 0.15) is 0 Å². The number of carbonyl (C=O) groups is 1. The fourth-order valence-corrected chi connectivity index (χ4v) is 3.33. The fraction of sp³-hybridized carbons (Fsp3) is 0.933. The highest BCUT2D eigenvalue weighted by Crippen LogP contribution is 2.30. The van der Waals surface area contributed by atoms with Gasteiger partial charge in [0.05, 0.1) is 0 Å². The monoisotopic (exact) mass is 252 g/mol. The summed E-state index contributed by atoms with van der Waals surface area (Å²) in [5.41, 5.74) is 0.304. The molecule has 1 heterocycles. The zero-order valence-electron chi connectivity index (χ0n) is 11.9. The lowest BCUT2D eigenvalue weighted by Crippen LogP contribution is -2.53. The second-order valence-electron chi connectivity index (χ2n) is 6.68. The summed E-state index contributed by atoms with van der Waals surface area (Å²) in [5, 5.41) is 6.73. The molecule has 0 aromatic heterocycles. The van der Waals surface area contributed by atoms with Crippen molar-refractivity contribution < 1.29 is 4.79 Å². The van der Waals surface area contributed by atoms with Gasteiger partial charge in [0, 0.05) is 18.5 Å². The van der Waals surface area contributed by atoms with E-state index in [0.717, 1.165) is 25.9 Å². The average molecular weight is 252 g/mol. The number of hydrogen-bond acceptors (Lipinski definition) is 2. The van der Waals surface area contributed by atoms with Gasteiger partial charge in [-0.15, -0.1) is 0 Å². The molecule has 1 aliphatic heterocycles. The van der Waals surface area contributed by atoms with E-state index in [1.807, 2.05) is 0 Å². The third-order valence-electron chi connectivity index (χ3n) is 4.79. The lowest BCUT2D eigenvalue weighted by atomic mass is 9.77. The van der Waals surface area contributed by atoms with Gasteiger partial charge in [-0.1, -0.05) is 33.1 Å². The summed E-state index contributed by atoms with van der Waals surface area (Å²) in [6.07, 6.45) is 8.45. The molecular weight excluding hydrogens is 224 g/mol. The first-order chi connectivity index (χ1) is 8.59. The van der Waals surface area contributed by atoms with E-state index < -0.39 is 0 Å². The van der Waals surface area contributed by atoms with Gasteiger partial charge in [-0.3, -0.25) is 4.79 Å². The predicted molar refractivity (Wildman–Crippen MR) is 74.4 cm³/mol. The van der Waals surface area contributed by atoms with Crippen molar-refractivity contribution in [3.8, 4) is 0 Å². The van der Waals surface area contributed by atoms with Gasteiger partial charge in [0.25, 0.3) is 0 Å². The van der Waals surface area contributed by atoms with Crippen LogP contribution < -0.4 is 10.6 Å². The Morgan fingerprint density at radius 3 is 2.61 bits per heavy atom. The Morgan fingerprint density at radius 1 is 1.22 bits per heavy atom. The Bertz CT molecular complexity index is 282. The molecule has 18 heavy (non-hydrogen) atoms. The summed E-state index contributed by atoms with van der Waals surface area (Å²) < 4.78 is 0. The van der Waals surface area contributed by atoms with Crippen LogP contribution in [0.3, 0.4) is 0 Å². The van der Waals surface area contributed by atoms with Crippen LogP contribution in [0, 0.1) is 11.3 Å². The van der Waals surface area contributed by atoms with Crippen molar-refractivity contribution >= 4 is 5.91 Å². The minimum absolute atomic E-state index is 0.283. The van der Waals surface area contributed by atoms with Crippen molar-refractivity contribution in [1.82, 2.24) is 10.6 Å². The number of carbonyl (C=O) groups excluding carboxylic acids is 1. The smallest absolute Gasteiger partial charge is 0.223 e. The quantitative estimate of drug-likeness (QED) is 0.810. The minimum atomic E-state index is 0.283. The van der Waals surface area contributed by atoms with Crippen molar-refractivity contribution in [2.45, 2.75) is 64.8 Å². The molecule has 1 saturated carbocycles. The van der Waals surface area contributed by atoms with Gasteiger partial charge in [-0.25, -0.2) is 0 Å². The molecule has 0 spiro atoms. The van der Waals surface area contributed by atoms with Crippen LogP contribution in [0.5, 0.6) is 0 Å². The molecule has 2 aliphatic rings. The number of piperidine rings is 1. The summed E-state index contributed by atoms with van der Waals surface area (Å²) >= 11 is 0. The molecule has 2 rings (SSSR count). The summed E-state index contributed by atoms with van der Waals surface area (Å²) in [7, 11) is 0. The van der Waals surface area contributed by atoms with E-state index >= 15 is 0 Å². The maximum Gasteiger partial charge on any atom is 0.223 e. The van der Waals surface area contributed by atoms with Crippen LogP contribution in [0.2, 0.25) is 0 Å². The Morgan fingerprint density at radius 2 is 1.94 bits per heavy atom. The summed E-state index contributed by atoms with van der Waals surface area (Å²) in [5.74, 6) is 0.573. The van der Waals surface area contributed by atoms with Gasteiger partial charge in [-0.05, 0) is 37.6 Å². The molecule has 3 nitrogen and oxygen atoms in total. The Labute approximate surface area is 111 Å². The lowest BCUT2D eigenvalue weighted by molar-refractivity contribution is -0.126. The summed E-state index contributed by atoms with van der Waals surface area (Å²) in [4.78, 5) is 12.1. The molecule has 0 bridgehead atoms. The molecule has 1 aliphatic carbocycles. The predicted octanol–water partition coefficient (Wildman–Crippen LogP) is 2.46. The Kier molecular flexibility index (Phi) is 4.66. The van der Waals surface area contributed by atoms with Crippen molar-refractivity contribution in [2.75, 3.05) is 13.1 Å². The van der Waals surface area contributed by atoms with E-state index in [1.54, 1.807) is 0 Å². The highest BCUT2D eigenvalue weighted by atomic mass is 16.1. The topological polar surface area (TPSA) is 41.1 Å². The summed E-state index contributed by atoms with van der Waals surface area (Å²) in [6, 6.07) is 0.429. The van der Waals surface area contributed by atoms with Crippen LogP contribution in [-0.2, 0) is 4.79 Å². The molecule has 1 amide bonds. The number of hydrogen-bond donors (Lipinski definition) is 2. The molecule has 3 heteroatoms. The van der Waals surface area contributed by atoms with Crippen molar-refractivity contribution in [1.29, 1.82) is 0 Å². The fourth-order valence-electron chi connectivity index (χ4n) is 3.33. The second kappa shape index (κ2) is 6.05. The van der Waals surface area contributed by atoms with Crippen LogP contribution in [0.15, 0.2) is 0 Å². The van der Waals surface area contributed by atoms with Crippen LogP contribution in [0.25, 0.3) is 0 Å². The highest BCUT2D eigenvalue weighted by Gasteiger charge is 2.32. The first-order valence-electron chi connectivity index (χ1n) is 7.61. The zero-order valence-corrected chi connectivity index (χ0v) is 11.9. The van der Waals surface area contributed by atoms with Crippen LogP contribution in [-0.4, -0.2) is 25.0 Å². The molecule has 104 valence electrons. The molecule has 1 atom stereocenters. The van der Waals surface area contributed by atoms with E-state index in [9.17, 15) is 4.79 Å². The van der Waals surface area contributed by atoms with Crippen LogP contribution in [0.1, 0.15) is 58.8 Å². The molecule has 0 aromatic carbocycles. The third kappa shape index (κ3) is 3.47. The van der Waals surface area contributed by atoms with Gasteiger partial charge in [-0.2, -0.15) is 0 Å². The highest BCUT2D eigenvalue weighted by molar-refractivity contribution is 5.78. The van der Waals surface area contributed by atoms with Gasteiger partial charge >= 0.3 is 0 Å². The average Bonchev–Trinajstić information content (AvgIpc) is 2.38. The van der Waals surface area contributed by atoms with Gasteiger partial charge in [0.15, 0.2) is 0 Å². The van der Waals surface area contributed by atoms with E-state index in [2.05, 4.69) is 24.5 Å². The Balaban J connectivity index is 1.77. The molecule has 1 saturated heterocycles. The number of amides is 1. The van der Waals surface area contributed by atoms with Crippen molar-refractivity contribution in [2.24, 2.45) is 11.3 Å². The molecule has 2 fully saturated rings. The van der Waals surface area contributed by atoms with Crippen LogP contribution in [0.4, 0.5) is 0 Å². The molecule has 0 aromatic rings. The zero-order chi connectivity index (χ0) is 13.0. The van der Waals surface area contributed by atoms with Crippen molar-refractivity contribution in [3.05, 3.63) is 0 Å². The standard InChI is InChI=1S/C15H28N2O/c1-15(2)9-6-10-16-13(15)11-17-14(18)12-7-4-3-5-8-12/h12-13,16H,3-11H2,1-2H3,(H,17,18). The maximum atomic E-state index is 12.1. The first-order valence-corrected chi connectivity index (χ1v) is 7.61. The van der Waals surface area contributed by atoms with E-state index in [-0.39, 0.29) is 11.8 Å². The number of rotatable bonds is 3. The molecule has 1 unspecified atom stereocenters. The summed E-state index contributed by atoms with van der Waals surface area (Å²) in [6.45, 7) is 6.49. The number of nitrogens with one attached hydrogen (secondary N) is 2. The maximum absolute atomic E-state index is 12.1. The molecule has 2 N–H and O–H groups in total. The first kappa shape index (κ1) is 13.9. The minimum Gasteiger partial charge on any atom is -0.354 e. The molecule has 0 radical (unpaired) electrons. The van der Waals surface area contributed by atoms with E-state index in [4.69, 9.17) is 0 Å². The largest absolute Gasteiger partial charge is 0.354 e.